The number of piperidine rings is 1. The van der Waals surface area contributed by atoms with Gasteiger partial charge in [0.05, 0.1) is 7.11 Å². The lowest BCUT2D eigenvalue weighted by molar-refractivity contribution is 0.254. The smallest absolute Gasteiger partial charge is 0.255 e. The minimum absolute atomic E-state index is 0.178. The molecule has 6 nitrogen and oxygen atoms in total. The first kappa shape index (κ1) is 19.3. The van der Waals surface area contributed by atoms with Crippen molar-refractivity contribution in [2.75, 3.05) is 27.2 Å². The van der Waals surface area contributed by atoms with Crippen LogP contribution in [0.5, 0.6) is 5.75 Å². The van der Waals surface area contributed by atoms with Crippen molar-refractivity contribution in [3.05, 3.63) is 69.8 Å². The predicted octanol–water partition coefficient (Wildman–Crippen LogP) is 2.74. The van der Waals surface area contributed by atoms with Crippen LogP contribution in [0.4, 0.5) is 0 Å². The maximum atomic E-state index is 13.2. The average molecular weight is 405 g/mol. The quantitative estimate of drug-likeness (QED) is 0.709. The number of methoxy groups -OCH3 is 1. The molecule has 0 radical (unpaired) electrons. The SMILES string of the molecule is COc1ccc(CN(C)Cc2ccc3n(c2=O)C[C@@H]2CNC[C@H]3C2)c2cccnc12. The highest BCUT2D eigenvalue weighted by Gasteiger charge is 2.31. The van der Waals surface area contributed by atoms with Crippen LogP contribution in [-0.2, 0) is 19.6 Å². The van der Waals surface area contributed by atoms with E-state index in [1.807, 2.05) is 22.8 Å². The van der Waals surface area contributed by atoms with E-state index < -0.39 is 0 Å². The Bertz CT molecular complexity index is 1140. The molecule has 2 atom stereocenters. The number of ether oxygens (including phenoxy) is 1. The second-order valence-corrected chi connectivity index (χ2v) is 8.65. The molecule has 1 saturated heterocycles. The molecule has 156 valence electrons. The molecule has 1 fully saturated rings. The number of aromatic nitrogens is 2. The van der Waals surface area contributed by atoms with Crippen LogP contribution in [0.15, 0.2) is 47.4 Å². The topological polar surface area (TPSA) is 59.4 Å². The van der Waals surface area contributed by atoms with Crippen LogP contribution in [-0.4, -0.2) is 41.7 Å². The van der Waals surface area contributed by atoms with E-state index in [9.17, 15) is 4.79 Å². The Labute approximate surface area is 176 Å². The van der Waals surface area contributed by atoms with Crippen molar-refractivity contribution >= 4 is 10.9 Å². The van der Waals surface area contributed by atoms with Gasteiger partial charge in [-0.1, -0.05) is 18.2 Å². The van der Waals surface area contributed by atoms with Crippen molar-refractivity contribution in [1.82, 2.24) is 19.8 Å². The fourth-order valence-electron chi connectivity index (χ4n) is 5.10. The molecular weight excluding hydrogens is 376 g/mol. The minimum atomic E-state index is 0.178. The largest absolute Gasteiger partial charge is 0.494 e. The number of fused-ring (bicyclic) bond motifs is 5. The van der Waals surface area contributed by atoms with Gasteiger partial charge in [0.2, 0.25) is 0 Å². The lowest BCUT2D eigenvalue weighted by Gasteiger charge is -2.37. The number of hydrogen-bond acceptors (Lipinski definition) is 5. The summed E-state index contributed by atoms with van der Waals surface area (Å²) >= 11 is 0. The van der Waals surface area contributed by atoms with Gasteiger partial charge in [-0.25, -0.2) is 0 Å². The third-order valence-electron chi connectivity index (χ3n) is 6.51. The average Bonchev–Trinajstić information content (AvgIpc) is 2.76. The van der Waals surface area contributed by atoms with Gasteiger partial charge >= 0.3 is 0 Å². The van der Waals surface area contributed by atoms with E-state index in [0.29, 0.717) is 18.4 Å². The molecular formula is C24H28N4O2. The molecule has 0 saturated carbocycles. The summed E-state index contributed by atoms with van der Waals surface area (Å²) in [6.07, 6.45) is 2.99. The summed E-state index contributed by atoms with van der Waals surface area (Å²) in [5.41, 5.74) is 4.30. The van der Waals surface area contributed by atoms with E-state index in [4.69, 9.17) is 4.74 Å². The number of nitrogens with zero attached hydrogens (tertiary/aromatic N) is 3. The van der Waals surface area contributed by atoms with Crippen LogP contribution in [0.3, 0.4) is 0 Å². The van der Waals surface area contributed by atoms with Crippen LogP contribution < -0.4 is 15.6 Å². The lowest BCUT2D eigenvalue weighted by atomic mass is 9.84. The Balaban J connectivity index is 1.39. The minimum Gasteiger partial charge on any atom is -0.494 e. The van der Waals surface area contributed by atoms with E-state index in [2.05, 4.69) is 40.4 Å². The zero-order chi connectivity index (χ0) is 20.7. The monoisotopic (exact) mass is 404 g/mol. The normalized spacial score (nSPS) is 20.4. The second kappa shape index (κ2) is 7.85. The maximum absolute atomic E-state index is 13.2. The summed E-state index contributed by atoms with van der Waals surface area (Å²) in [6, 6.07) is 12.3. The van der Waals surface area contributed by atoms with Gasteiger partial charge in [-0.2, -0.15) is 0 Å². The molecule has 1 aromatic carbocycles. The van der Waals surface area contributed by atoms with Gasteiger partial charge in [-0.05, 0) is 49.7 Å². The molecule has 3 aromatic rings. The van der Waals surface area contributed by atoms with Crippen LogP contribution in [0, 0.1) is 5.92 Å². The first-order chi connectivity index (χ1) is 14.6. The zero-order valence-electron chi connectivity index (χ0n) is 17.6. The number of pyridine rings is 2. The molecule has 30 heavy (non-hydrogen) atoms. The summed E-state index contributed by atoms with van der Waals surface area (Å²) < 4.78 is 7.50. The van der Waals surface area contributed by atoms with Gasteiger partial charge < -0.3 is 14.6 Å². The summed E-state index contributed by atoms with van der Waals surface area (Å²) in [4.78, 5) is 19.9. The van der Waals surface area contributed by atoms with Gasteiger partial charge in [-0.3, -0.25) is 14.7 Å². The summed E-state index contributed by atoms with van der Waals surface area (Å²) in [5.74, 6) is 1.82. The maximum Gasteiger partial charge on any atom is 0.255 e. The second-order valence-electron chi connectivity index (χ2n) is 8.65. The van der Waals surface area contributed by atoms with E-state index in [-0.39, 0.29) is 5.56 Å². The summed E-state index contributed by atoms with van der Waals surface area (Å²) in [6.45, 7) is 4.20. The van der Waals surface area contributed by atoms with E-state index in [1.54, 1.807) is 13.3 Å². The van der Waals surface area contributed by atoms with Crippen LogP contribution >= 0.6 is 0 Å². The summed E-state index contributed by atoms with van der Waals surface area (Å²) in [7, 11) is 3.73. The van der Waals surface area contributed by atoms with Crippen LogP contribution in [0.25, 0.3) is 10.9 Å². The van der Waals surface area contributed by atoms with Gasteiger partial charge in [0.1, 0.15) is 11.3 Å². The number of nitrogens with one attached hydrogen (secondary N) is 1. The standard InChI is InChI=1S/C24H28N4O2/c1-27(14-17-6-8-22(30-2)23-20(17)4-3-9-26-23)15-18-5-7-21-19-10-16(11-25-12-19)13-28(21)24(18)29/h3-9,16,19,25H,10-15H2,1-2H3/t16-,19+/m0/s1. The van der Waals surface area contributed by atoms with Gasteiger partial charge in [-0.15, -0.1) is 0 Å². The van der Waals surface area contributed by atoms with Crippen molar-refractivity contribution in [1.29, 1.82) is 0 Å². The van der Waals surface area contributed by atoms with E-state index >= 15 is 0 Å². The molecule has 2 aliphatic heterocycles. The van der Waals surface area contributed by atoms with Crippen molar-refractivity contribution < 1.29 is 4.74 Å². The van der Waals surface area contributed by atoms with Crippen molar-refractivity contribution in [2.24, 2.45) is 5.92 Å². The lowest BCUT2D eigenvalue weighted by Crippen LogP contribution is -2.45. The van der Waals surface area contributed by atoms with Crippen LogP contribution in [0.2, 0.25) is 0 Å². The van der Waals surface area contributed by atoms with Gasteiger partial charge in [0, 0.05) is 54.9 Å². The van der Waals surface area contributed by atoms with Gasteiger partial charge in [0.15, 0.2) is 0 Å². The zero-order valence-corrected chi connectivity index (χ0v) is 17.6. The van der Waals surface area contributed by atoms with Gasteiger partial charge in [0.25, 0.3) is 5.56 Å². The van der Waals surface area contributed by atoms with Crippen LogP contribution in [0.1, 0.15) is 29.2 Å². The predicted molar refractivity (Wildman–Crippen MR) is 118 cm³/mol. The Kier molecular flexibility index (Phi) is 5.05. The Hall–Kier alpha value is -2.70. The molecule has 0 amide bonds. The summed E-state index contributed by atoms with van der Waals surface area (Å²) in [5, 5.41) is 4.60. The molecule has 0 aliphatic carbocycles. The molecule has 1 N–H and O–H groups in total. The molecule has 5 rings (SSSR count). The highest BCUT2D eigenvalue weighted by atomic mass is 16.5. The Morgan fingerprint density at radius 1 is 1.17 bits per heavy atom. The number of benzene rings is 1. The highest BCUT2D eigenvalue weighted by molar-refractivity contribution is 5.87. The Morgan fingerprint density at radius 2 is 2.00 bits per heavy atom. The third kappa shape index (κ3) is 3.40. The molecule has 2 aromatic heterocycles. The number of rotatable bonds is 5. The fraction of sp³-hybridized carbons (Fsp3) is 0.417. The first-order valence-electron chi connectivity index (χ1n) is 10.7. The first-order valence-corrected chi connectivity index (χ1v) is 10.7. The number of hydrogen-bond donors (Lipinski definition) is 1. The van der Waals surface area contributed by atoms with E-state index in [1.165, 1.54) is 17.7 Å². The Morgan fingerprint density at radius 3 is 2.87 bits per heavy atom. The molecule has 6 heteroatoms. The highest BCUT2D eigenvalue weighted by Crippen LogP contribution is 2.32. The third-order valence-corrected chi connectivity index (χ3v) is 6.51. The van der Waals surface area contributed by atoms with Crippen molar-refractivity contribution in [3.63, 3.8) is 0 Å². The van der Waals surface area contributed by atoms with Crippen molar-refractivity contribution in [3.8, 4) is 5.75 Å². The molecule has 2 aliphatic rings. The molecule has 4 heterocycles. The van der Waals surface area contributed by atoms with E-state index in [0.717, 1.165) is 48.4 Å². The molecule has 2 bridgehead atoms. The molecule has 0 unspecified atom stereocenters. The fourth-order valence-corrected chi connectivity index (χ4v) is 5.10. The molecule has 0 spiro atoms. The van der Waals surface area contributed by atoms with Crippen molar-refractivity contribution in [2.45, 2.75) is 32.0 Å².